The summed E-state index contributed by atoms with van der Waals surface area (Å²) in [5.41, 5.74) is -0.358. The van der Waals surface area contributed by atoms with Gasteiger partial charge in [0.1, 0.15) is 11.2 Å². The number of nitrogens with one attached hydrogen (secondary N) is 1. The van der Waals surface area contributed by atoms with E-state index >= 15 is 0 Å². The van der Waals surface area contributed by atoms with Crippen LogP contribution in [0.3, 0.4) is 0 Å². The van der Waals surface area contributed by atoms with E-state index in [1.165, 1.54) is 6.20 Å². The number of nitrogens with zero attached hydrogens (tertiary/aromatic N) is 2. The number of nitriles is 1. The SMILES string of the molecule is N#CC1(C(=O)Nc2ccc(Oc3ccc(Cl)cc3)nc2)CCCC1. The molecule has 0 aliphatic heterocycles. The number of pyridine rings is 1. The Kier molecular flexibility index (Phi) is 4.68. The number of amides is 1. The fraction of sp³-hybridized carbons (Fsp3) is 0.278. The smallest absolute Gasteiger partial charge is 0.244 e. The average molecular weight is 342 g/mol. The maximum absolute atomic E-state index is 12.4. The van der Waals surface area contributed by atoms with E-state index in [1.54, 1.807) is 36.4 Å². The third-order valence-corrected chi connectivity index (χ3v) is 4.39. The molecule has 3 rings (SSSR count). The van der Waals surface area contributed by atoms with Crippen LogP contribution in [-0.4, -0.2) is 10.9 Å². The lowest BCUT2D eigenvalue weighted by atomic mass is 9.87. The Morgan fingerprint density at radius 2 is 1.92 bits per heavy atom. The van der Waals surface area contributed by atoms with Crippen molar-refractivity contribution < 1.29 is 9.53 Å². The summed E-state index contributed by atoms with van der Waals surface area (Å²) in [6.07, 6.45) is 4.56. The molecule has 1 heterocycles. The van der Waals surface area contributed by atoms with E-state index in [2.05, 4.69) is 16.4 Å². The number of halogens is 1. The molecule has 1 aromatic carbocycles. The highest BCUT2D eigenvalue weighted by atomic mass is 35.5. The number of aromatic nitrogens is 1. The predicted octanol–water partition coefficient (Wildman–Crippen LogP) is 4.55. The normalized spacial score (nSPS) is 15.5. The van der Waals surface area contributed by atoms with E-state index in [9.17, 15) is 10.1 Å². The Labute approximate surface area is 145 Å². The number of rotatable bonds is 4. The van der Waals surface area contributed by atoms with Gasteiger partial charge in [0.25, 0.3) is 0 Å². The number of anilines is 1. The fourth-order valence-corrected chi connectivity index (χ4v) is 2.88. The molecule has 6 heteroatoms. The van der Waals surface area contributed by atoms with Crippen LogP contribution < -0.4 is 10.1 Å². The zero-order valence-corrected chi connectivity index (χ0v) is 13.7. The molecule has 2 aromatic rings. The van der Waals surface area contributed by atoms with Gasteiger partial charge in [-0.15, -0.1) is 0 Å². The number of benzene rings is 1. The van der Waals surface area contributed by atoms with Gasteiger partial charge in [-0.05, 0) is 43.2 Å². The second kappa shape index (κ2) is 6.90. The van der Waals surface area contributed by atoms with E-state index in [0.717, 1.165) is 12.8 Å². The summed E-state index contributed by atoms with van der Waals surface area (Å²) < 4.78 is 5.60. The van der Waals surface area contributed by atoms with E-state index < -0.39 is 5.41 Å². The minimum Gasteiger partial charge on any atom is -0.439 e. The molecule has 1 saturated carbocycles. The highest BCUT2D eigenvalue weighted by molar-refractivity contribution is 6.30. The van der Waals surface area contributed by atoms with Crippen LogP contribution in [0.25, 0.3) is 0 Å². The van der Waals surface area contributed by atoms with Crippen LogP contribution in [0.5, 0.6) is 11.6 Å². The minimum absolute atomic E-state index is 0.254. The second-order valence-corrected chi connectivity index (χ2v) is 6.23. The molecule has 24 heavy (non-hydrogen) atoms. The molecule has 0 spiro atoms. The standard InChI is InChI=1S/C18H16ClN3O2/c19-13-3-6-15(7-4-13)24-16-8-5-14(11-21-16)22-17(23)18(12-20)9-1-2-10-18/h3-8,11H,1-2,9-10H2,(H,22,23). The highest BCUT2D eigenvalue weighted by Gasteiger charge is 2.41. The van der Waals surface area contributed by atoms with Crippen molar-refractivity contribution in [3.63, 3.8) is 0 Å². The van der Waals surface area contributed by atoms with Crippen LogP contribution in [0.15, 0.2) is 42.6 Å². The van der Waals surface area contributed by atoms with E-state index in [-0.39, 0.29) is 5.91 Å². The number of carbonyl (C=O) groups excluding carboxylic acids is 1. The average Bonchev–Trinajstić information content (AvgIpc) is 3.09. The van der Waals surface area contributed by atoms with Crippen molar-refractivity contribution in [2.75, 3.05) is 5.32 Å². The number of carbonyl (C=O) groups is 1. The summed E-state index contributed by atoms with van der Waals surface area (Å²) in [6.45, 7) is 0. The molecule has 122 valence electrons. The van der Waals surface area contributed by atoms with Gasteiger partial charge in [0.05, 0.1) is 18.0 Å². The van der Waals surface area contributed by atoms with E-state index in [4.69, 9.17) is 16.3 Å². The van der Waals surface area contributed by atoms with Crippen molar-refractivity contribution in [2.45, 2.75) is 25.7 Å². The topological polar surface area (TPSA) is 75.0 Å². The maximum Gasteiger partial charge on any atom is 0.244 e. The van der Waals surface area contributed by atoms with Crippen molar-refractivity contribution in [1.29, 1.82) is 5.26 Å². The Bertz CT molecular complexity index is 760. The third kappa shape index (κ3) is 3.50. The van der Waals surface area contributed by atoms with Crippen LogP contribution in [0.2, 0.25) is 5.02 Å². The van der Waals surface area contributed by atoms with Gasteiger partial charge in [-0.25, -0.2) is 4.98 Å². The number of hydrogen-bond donors (Lipinski definition) is 1. The largest absolute Gasteiger partial charge is 0.439 e. The van der Waals surface area contributed by atoms with Gasteiger partial charge in [-0.1, -0.05) is 24.4 Å². The van der Waals surface area contributed by atoms with Gasteiger partial charge in [-0.2, -0.15) is 5.26 Å². The summed E-state index contributed by atoms with van der Waals surface area (Å²) in [6, 6.07) is 12.5. The zero-order chi connectivity index (χ0) is 17.0. The first-order chi connectivity index (χ1) is 11.6. The lowest BCUT2D eigenvalue weighted by Gasteiger charge is -2.19. The molecule has 0 bridgehead atoms. The first-order valence-electron chi connectivity index (χ1n) is 7.73. The summed E-state index contributed by atoms with van der Waals surface area (Å²) in [5.74, 6) is 0.778. The molecule has 0 atom stereocenters. The molecule has 0 radical (unpaired) electrons. The minimum atomic E-state index is -0.904. The molecule has 1 N–H and O–H groups in total. The van der Waals surface area contributed by atoms with Crippen molar-refractivity contribution in [1.82, 2.24) is 4.98 Å². The fourth-order valence-electron chi connectivity index (χ4n) is 2.76. The van der Waals surface area contributed by atoms with Crippen LogP contribution in [0.1, 0.15) is 25.7 Å². The van der Waals surface area contributed by atoms with Gasteiger partial charge in [0.15, 0.2) is 0 Å². The van der Waals surface area contributed by atoms with Crippen molar-refractivity contribution in [2.24, 2.45) is 5.41 Å². The van der Waals surface area contributed by atoms with E-state index in [0.29, 0.717) is 35.2 Å². The molecule has 0 saturated heterocycles. The molecule has 1 aliphatic carbocycles. The molecule has 0 unspecified atom stereocenters. The molecule has 1 aliphatic rings. The Morgan fingerprint density at radius 1 is 1.21 bits per heavy atom. The number of hydrogen-bond acceptors (Lipinski definition) is 4. The Morgan fingerprint density at radius 3 is 2.50 bits per heavy atom. The molecule has 1 amide bonds. The van der Waals surface area contributed by atoms with Crippen LogP contribution >= 0.6 is 11.6 Å². The lowest BCUT2D eigenvalue weighted by molar-refractivity contribution is -0.122. The summed E-state index contributed by atoms with van der Waals surface area (Å²) in [4.78, 5) is 16.5. The summed E-state index contributed by atoms with van der Waals surface area (Å²) >= 11 is 5.83. The van der Waals surface area contributed by atoms with Crippen LogP contribution in [-0.2, 0) is 4.79 Å². The zero-order valence-electron chi connectivity index (χ0n) is 13.0. The highest BCUT2D eigenvalue weighted by Crippen LogP contribution is 2.38. The maximum atomic E-state index is 12.4. The first kappa shape index (κ1) is 16.3. The van der Waals surface area contributed by atoms with Gasteiger partial charge < -0.3 is 10.1 Å². The van der Waals surface area contributed by atoms with Crippen molar-refractivity contribution >= 4 is 23.2 Å². The van der Waals surface area contributed by atoms with Gasteiger partial charge >= 0.3 is 0 Å². The molecule has 1 aromatic heterocycles. The quantitative estimate of drug-likeness (QED) is 0.885. The third-order valence-electron chi connectivity index (χ3n) is 4.14. The van der Waals surface area contributed by atoms with Gasteiger partial charge in [0, 0.05) is 11.1 Å². The summed E-state index contributed by atoms with van der Waals surface area (Å²) in [7, 11) is 0. The van der Waals surface area contributed by atoms with Crippen LogP contribution in [0, 0.1) is 16.7 Å². The van der Waals surface area contributed by atoms with Gasteiger partial charge in [-0.3, -0.25) is 4.79 Å². The van der Waals surface area contributed by atoms with Gasteiger partial charge in [0.2, 0.25) is 11.8 Å². The monoisotopic (exact) mass is 341 g/mol. The molecule has 1 fully saturated rings. The molecular formula is C18H16ClN3O2. The lowest BCUT2D eigenvalue weighted by Crippen LogP contribution is -2.32. The Balaban J connectivity index is 1.65. The first-order valence-corrected chi connectivity index (χ1v) is 8.11. The Hall–Kier alpha value is -2.58. The second-order valence-electron chi connectivity index (χ2n) is 5.80. The van der Waals surface area contributed by atoms with Crippen LogP contribution in [0.4, 0.5) is 5.69 Å². The molecule has 5 nitrogen and oxygen atoms in total. The van der Waals surface area contributed by atoms with Crippen molar-refractivity contribution in [3.05, 3.63) is 47.6 Å². The molecular weight excluding hydrogens is 326 g/mol. The summed E-state index contributed by atoms with van der Waals surface area (Å²) in [5, 5.41) is 12.7. The predicted molar refractivity (Wildman–Crippen MR) is 90.9 cm³/mol. The van der Waals surface area contributed by atoms with Crippen molar-refractivity contribution in [3.8, 4) is 17.7 Å². The van der Waals surface area contributed by atoms with E-state index in [1.807, 2.05) is 0 Å². The number of ether oxygens (including phenoxy) is 1.